The van der Waals surface area contributed by atoms with E-state index in [-0.39, 0.29) is 19.4 Å². The fourth-order valence-corrected chi connectivity index (χ4v) is 10.6. The average Bonchev–Trinajstić information content (AvgIpc) is 3.52. The molecule has 1 rings (SSSR count). The molecule has 0 bridgehead atoms. The zero-order chi connectivity index (χ0) is 60.3. The molecule has 0 saturated carbocycles. The Labute approximate surface area is 509 Å². The van der Waals surface area contributed by atoms with Crippen LogP contribution < -0.4 is 5.32 Å². The number of ether oxygens (including phenoxy) is 3. The minimum atomic E-state index is -1.62. The number of nitrogens with one attached hydrogen (secondary N) is 1. The van der Waals surface area contributed by atoms with Gasteiger partial charge in [0.2, 0.25) is 5.91 Å². The number of rotatable bonds is 59. The zero-order valence-corrected chi connectivity index (χ0v) is 53.6. The molecule has 1 fully saturated rings. The Morgan fingerprint density at radius 3 is 1.27 bits per heavy atom. The maximum absolute atomic E-state index is 13.4. The summed E-state index contributed by atoms with van der Waals surface area (Å²) in [5, 5.41) is 57.1. The van der Waals surface area contributed by atoms with Gasteiger partial charge in [-0.15, -0.1) is 0 Å². The van der Waals surface area contributed by atoms with Crippen molar-refractivity contribution in [3.63, 3.8) is 0 Å². The average molecular weight is 1170 g/mol. The number of amides is 1. The van der Waals surface area contributed by atoms with E-state index in [1.165, 1.54) is 180 Å². The minimum absolute atomic E-state index is 0.121. The largest absolute Gasteiger partial charge is 0.454 e. The van der Waals surface area contributed by atoms with Crippen LogP contribution in [0.1, 0.15) is 310 Å². The number of esters is 1. The first kappa shape index (κ1) is 78.1. The highest BCUT2D eigenvalue weighted by atomic mass is 16.7. The lowest BCUT2D eigenvalue weighted by molar-refractivity contribution is -0.305. The second kappa shape index (κ2) is 59.4. The molecule has 11 heteroatoms. The van der Waals surface area contributed by atoms with Gasteiger partial charge >= 0.3 is 5.97 Å². The summed E-state index contributed by atoms with van der Waals surface area (Å²) in [6.07, 6.45) is 66.7. The predicted octanol–water partition coefficient (Wildman–Crippen LogP) is 17.5. The lowest BCUT2D eigenvalue weighted by Gasteiger charge is -2.41. The monoisotopic (exact) mass is 1170 g/mol. The van der Waals surface area contributed by atoms with Crippen LogP contribution in [0.3, 0.4) is 0 Å². The highest BCUT2D eigenvalue weighted by Crippen LogP contribution is 2.26. The molecule has 1 aliphatic rings. The molecule has 0 aliphatic carbocycles. The molecular formula is C72H129NO10. The smallest absolute Gasteiger partial charge is 0.306 e. The second-order valence-electron chi connectivity index (χ2n) is 23.9. The van der Waals surface area contributed by atoms with Crippen LogP contribution in [0.5, 0.6) is 0 Å². The van der Waals surface area contributed by atoms with Crippen molar-refractivity contribution in [2.45, 2.75) is 359 Å². The number of aliphatic hydroxyl groups is 5. The fourth-order valence-electron chi connectivity index (χ4n) is 10.6. The van der Waals surface area contributed by atoms with Gasteiger partial charge in [0.25, 0.3) is 0 Å². The van der Waals surface area contributed by atoms with Crippen LogP contribution in [0, 0.1) is 0 Å². The number of carbonyl (C=O) groups excluding carboxylic acids is 2. The number of allylic oxidation sites excluding steroid dienone is 11. The van der Waals surface area contributed by atoms with Crippen LogP contribution in [0.2, 0.25) is 0 Å². The van der Waals surface area contributed by atoms with E-state index in [0.29, 0.717) is 12.8 Å². The molecule has 482 valence electrons. The van der Waals surface area contributed by atoms with Crippen molar-refractivity contribution in [2.24, 2.45) is 0 Å². The molecule has 0 spiro atoms. The maximum atomic E-state index is 13.4. The van der Waals surface area contributed by atoms with E-state index >= 15 is 0 Å². The Hall–Kier alpha value is -2.90. The summed E-state index contributed by atoms with van der Waals surface area (Å²) in [5.41, 5.74) is 0. The molecule has 8 unspecified atom stereocenters. The van der Waals surface area contributed by atoms with Crippen molar-refractivity contribution in [2.75, 3.05) is 13.2 Å². The van der Waals surface area contributed by atoms with Gasteiger partial charge in [0.1, 0.15) is 24.4 Å². The van der Waals surface area contributed by atoms with Crippen LogP contribution in [-0.2, 0) is 23.8 Å². The SMILES string of the molecule is CCCCC/C=C\C/C=C\C/C=C\CCCCCC(O)C(=O)NC(COC1OC(CO)C(O)C(O)C1OC(=O)CCCCCCCCCCCCCCCCCCC/C=C\C/C=C\CCCCC)C(O)/C=C/CCCCCCCCCCC. The van der Waals surface area contributed by atoms with Gasteiger partial charge in [0, 0.05) is 6.42 Å². The molecular weight excluding hydrogens is 1040 g/mol. The molecule has 0 aromatic heterocycles. The van der Waals surface area contributed by atoms with Crippen LogP contribution in [-0.4, -0.2) is 99.6 Å². The lowest BCUT2D eigenvalue weighted by Crippen LogP contribution is -2.61. The van der Waals surface area contributed by atoms with Gasteiger partial charge < -0.3 is 45.1 Å². The van der Waals surface area contributed by atoms with E-state index in [9.17, 15) is 35.1 Å². The van der Waals surface area contributed by atoms with Crippen molar-refractivity contribution in [1.82, 2.24) is 5.32 Å². The van der Waals surface area contributed by atoms with E-state index in [2.05, 4.69) is 86.8 Å². The molecule has 8 atom stereocenters. The molecule has 11 nitrogen and oxygen atoms in total. The maximum Gasteiger partial charge on any atom is 0.306 e. The highest BCUT2D eigenvalue weighted by Gasteiger charge is 2.47. The summed E-state index contributed by atoms with van der Waals surface area (Å²) >= 11 is 0. The molecule has 0 aromatic rings. The first-order valence-corrected chi connectivity index (χ1v) is 34.7. The van der Waals surface area contributed by atoms with Gasteiger partial charge in [0.05, 0.1) is 25.4 Å². The Morgan fingerprint density at radius 1 is 0.470 bits per heavy atom. The first-order chi connectivity index (χ1) is 40.7. The summed E-state index contributed by atoms with van der Waals surface area (Å²) in [4.78, 5) is 26.6. The van der Waals surface area contributed by atoms with E-state index < -0.39 is 67.4 Å². The van der Waals surface area contributed by atoms with Crippen molar-refractivity contribution in [3.05, 3.63) is 72.9 Å². The van der Waals surface area contributed by atoms with Crippen molar-refractivity contribution in [3.8, 4) is 0 Å². The fraction of sp³-hybridized carbons (Fsp3) is 0.806. The third-order valence-electron chi connectivity index (χ3n) is 16.1. The first-order valence-electron chi connectivity index (χ1n) is 34.7. The Balaban J connectivity index is 2.54. The second-order valence-corrected chi connectivity index (χ2v) is 23.9. The standard InChI is InChI=1S/C72H129NO10/c1-4-7-10-13-16-19-22-24-26-28-29-30-31-32-33-34-35-36-37-38-40-42-45-48-51-54-57-60-67(77)83-70-69(79)68(78)66(61-74)82-72(70)81-62-63(64(75)58-55-52-49-46-43-21-18-15-12-9-6-3)73-71(80)65(76)59-56-53-50-47-44-41-39-27-25-23-20-17-14-11-8-5-2/h16-17,19-20,24-27,41,44,55,58,63-66,68-70,72,74-76,78-79H,4-15,18,21-23,28-40,42-43,45-54,56-57,59-62H2,1-3H3,(H,73,80)/b19-16-,20-17-,26-24-,27-25-,44-41-,58-55+. The van der Waals surface area contributed by atoms with Crippen molar-refractivity contribution < 1.29 is 49.3 Å². The summed E-state index contributed by atoms with van der Waals surface area (Å²) in [7, 11) is 0. The number of hydrogen-bond acceptors (Lipinski definition) is 10. The quantitative estimate of drug-likeness (QED) is 0.0195. The van der Waals surface area contributed by atoms with Crippen molar-refractivity contribution >= 4 is 11.9 Å². The number of hydrogen-bond donors (Lipinski definition) is 6. The third-order valence-corrected chi connectivity index (χ3v) is 16.1. The third kappa shape index (κ3) is 46.9. The van der Waals surface area contributed by atoms with E-state index in [4.69, 9.17) is 14.2 Å². The van der Waals surface area contributed by atoms with Crippen LogP contribution >= 0.6 is 0 Å². The molecule has 1 heterocycles. The molecule has 6 N–H and O–H groups in total. The van der Waals surface area contributed by atoms with Crippen LogP contribution in [0.15, 0.2) is 72.9 Å². The highest BCUT2D eigenvalue weighted by molar-refractivity contribution is 5.80. The molecule has 1 aliphatic heterocycles. The van der Waals surface area contributed by atoms with E-state index in [1.807, 2.05) is 6.08 Å². The van der Waals surface area contributed by atoms with Crippen LogP contribution in [0.4, 0.5) is 0 Å². The number of carbonyl (C=O) groups is 2. The molecule has 0 radical (unpaired) electrons. The molecule has 83 heavy (non-hydrogen) atoms. The summed E-state index contributed by atoms with van der Waals surface area (Å²) in [5.74, 6) is -1.21. The number of aliphatic hydroxyl groups excluding tert-OH is 5. The zero-order valence-electron chi connectivity index (χ0n) is 53.6. The topological polar surface area (TPSA) is 175 Å². The lowest BCUT2D eigenvalue weighted by atomic mass is 9.99. The van der Waals surface area contributed by atoms with Gasteiger partial charge in [-0.1, -0.05) is 280 Å². The molecule has 1 saturated heterocycles. The van der Waals surface area contributed by atoms with Gasteiger partial charge in [0.15, 0.2) is 12.4 Å². The Kier molecular flexibility index (Phi) is 55.9. The number of unbranched alkanes of at least 4 members (excludes halogenated alkanes) is 35. The van der Waals surface area contributed by atoms with E-state index in [0.717, 1.165) is 83.5 Å². The molecule has 0 aromatic carbocycles. The summed E-state index contributed by atoms with van der Waals surface area (Å²) in [6.45, 7) is 5.74. The van der Waals surface area contributed by atoms with Crippen LogP contribution in [0.25, 0.3) is 0 Å². The van der Waals surface area contributed by atoms with E-state index in [1.54, 1.807) is 6.08 Å². The summed E-state index contributed by atoms with van der Waals surface area (Å²) in [6, 6.07) is -1.04. The summed E-state index contributed by atoms with van der Waals surface area (Å²) < 4.78 is 17.7. The normalized spacial score (nSPS) is 19.0. The Bertz CT molecular complexity index is 1630. The predicted molar refractivity (Wildman–Crippen MR) is 347 cm³/mol. The Morgan fingerprint density at radius 2 is 0.831 bits per heavy atom. The van der Waals surface area contributed by atoms with Gasteiger partial charge in [-0.25, -0.2) is 0 Å². The molecule has 1 amide bonds. The van der Waals surface area contributed by atoms with Gasteiger partial charge in [-0.3, -0.25) is 9.59 Å². The minimum Gasteiger partial charge on any atom is -0.454 e. The van der Waals surface area contributed by atoms with Crippen molar-refractivity contribution in [1.29, 1.82) is 0 Å². The van der Waals surface area contributed by atoms with Gasteiger partial charge in [-0.2, -0.15) is 0 Å². The van der Waals surface area contributed by atoms with Gasteiger partial charge in [-0.05, 0) is 96.3 Å².